The highest BCUT2D eigenvalue weighted by Gasteiger charge is 2.22. The van der Waals surface area contributed by atoms with Crippen molar-refractivity contribution in [3.05, 3.63) is 0 Å². The first-order valence-corrected chi connectivity index (χ1v) is 7.02. The molecule has 0 bridgehead atoms. The zero-order valence-electron chi connectivity index (χ0n) is 9.30. The molecule has 0 spiro atoms. The summed E-state index contributed by atoms with van der Waals surface area (Å²) in [4.78, 5) is 0.613. The molecule has 1 fully saturated rings. The number of alkyl halides is 1. The third kappa shape index (κ3) is 4.79. The Morgan fingerprint density at radius 3 is 2.64 bits per heavy atom. The molecule has 0 aromatic rings. The van der Waals surface area contributed by atoms with Gasteiger partial charge in [-0.05, 0) is 19.3 Å². The normalized spacial score (nSPS) is 27.9. The van der Waals surface area contributed by atoms with Gasteiger partial charge in [0.05, 0.1) is 6.10 Å². The van der Waals surface area contributed by atoms with Crippen molar-refractivity contribution in [3.8, 4) is 0 Å². The van der Waals surface area contributed by atoms with Crippen molar-refractivity contribution < 1.29 is 4.74 Å². The van der Waals surface area contributed by atoms with Crippen LogP contribution in [-0.2, 0) is 4.74 Å². The topological polar surface area (TPSA) is 9.23 Å². The van der Waals surface area contributed by atoms with E-state index in [2.05, 4.69) is 22.9 Å². The molecule has 0 aliphatic heterocycles. The summed E-state index contributed by atoms with van der Waals surface area (Å²) in [6.45, 7) is 3.21. The lowest BCUT2D eigenvalue weighted by atomic mass is 9.97. The lowest BCUT2D eigenvalue weighted by Gasteiger charge is -2.27. The van der Waals surface area contributed by atoms with Gasteiger partial charge in [0.25, 0.3) is 0 Å². The van der Waals surface area contributed by atoms with Gasteiger partial charge in [0.1, 0.15) is 0 Å². The Kier molecular flexibility index (Phi) is 6.88. The Bertz CT molecular complexity index is 138. The van der Waals surface area contributed by atoms with Gasteiger partial charge in [0.15, 0.2) is 0 Å². The Morgan fingerprint density at radius 1 is 1.14 bits per heavy atom. The molecule has 2 heteroatoms. The highest BCUT2D eigenvalue weighted by Crippen LogP contribution is 2.26. The Morgan fingerprint density at radius 2 is 1.93 bits per heavy atom. The second-order valence-electron chi connectivity index (χ2n) is 4.27. The predicted octanol–water partition coefficient (Wildman–Crippen LogP) is 4.29. The summed E-state index contributed by atoms with van der Waals surface area (Å²) >= 11 is 3.71. The number of unbranched alkanes of at least 4 members (excludes halogenated alkanes) is 3. The van der Waals surface area contributed by atoms with Gasteiger partial charge in [0.2, 0.25) is 0 Å². The zero-order chi connectivity index (χ0) is 10.2. The second kappa shape index (κ2) is 7.70. The number of rotatable bonds is 6. The summed E-state index contributed by atoms with van der Waals surface area (Å²) < 4.78 is 5.89. The third-order valence-electron chi connectivity index (χ3n) is 2.95. The van der Waals surface area contributed by atoms with E-state index < -0.39 is 0 Å². The first kappa shape index (κ1) is 12.5. The van der Waals surface area contributed by atoms with E-state index in [0.29, 0.717) is 10.9 Å². The lowest BCUT2D eigenvalue weighted by Crippen LogP contribution is -2.28. The van der Waals surface area contributed by atoms with Crippen LogP contribution in [0.25, 0.3) is 0 Å². The molecule has 1 saturated carbocycles. The molecule has 1 nitrogen and oxygen atoms in total. The summed E-state index contributed by atoms with van der Waals surface area (Å²) in [5, 5.41) is 0. The van der Waals surface area contributed by atoms with E-state index >= 15 is 0 Å². The maximum atomic E-state index is 5.89. The molecule has 0 amide bonds. The second-order valence-corrected chi connectivity index (χ2v) is 5.45. The molecule has 0 radical (unpaired) electrons. The van der Waals surface area contributed by atoms with Crippen LogP contribution in [0.15, 0.2) is 0 Å². The van der Waals surface area contributed by atoms with E-state index in [-0.39, 0.29) is 0 Å². The van der Waals surface area contributed by atoms with Gasteiger partial charge in [0, 0.05) is 11.4 Å². The van der Waals surface area contributed by atoms with Crippen LogP contribution in [0.2, 0.25) is 0 Å². The van der Waals surface area contributed by atoms with E-state index in [1.165, 1.54) is 51.4 Å². The van der Waals surface area contributed by atoms with Crippen LogP contribution in [0.1, 0.15) is 58.3 Å². The summed E-state index contributed by atoms with van der Waals surface area (Å²) in [6, 6.07) is 0. The largest absolute Gasteiger partial charge is 0.377 e. The standard InChI is InChI=1S/C12H23BrO/c1-2-3-4-7-10-14-12-9-6-5-8-11(12)13/h11-12H,2-10H2,1H3. The number of halogens is 1. The predicted molar refractivity (Wildman–Crippen MR) is 65.1 cm³/mol. The van der Waals surface area contributed by atoms with Gasteiger partial charge in [-0.25, -0.2) is 0 Å². The first-order chi connectivity index (χ1) is 6.84. The van der Waals surface area contributed by atoms with Gasteiger partial charge in [-0.1, -0.05) is 55.0 Å². The minimum atomic E-state index is 0.491. The SMILES string of the molecule is CCCCCCOC1CCCCC1Br. The van der Waals surface area contributed by atoms with Crippen LogP contribution < -0.4 is 0 Å². The molecular formula is C12H23BrO. The van der Waals surface area contributed by atoms with E-state index in [0.717, 1.165) is 6.61 Å². The molecule has 0 heterocycles. The van der Waals surface area contributed by atoms with Crippen molar-refractivity contribution >= 4 is 15.9 Å². The van der Waals surface area contributed by atoms with Crippen LogP contribution in [0.4, 0.5) is 0 Å². The molecule has 1 aliphatic rings. The molecule has 0 saturated heterocycles. The Labute approximate surface area is 96.7 Å². The van der Waals surface area contributed by atoms with E-state index in [1.54, 1.807) is 0 Å². The maximum Gasteiger partial charge on any atom is 0.0700 e. The Hall–Kier alpha value is 0.440. The fourth-order valence-electron chi connectivity index (χ4n) is 2.00. The number of hydrogen-bond donors (Lipinski definition) is 0. The molecule has 2 unspecified atom stereocenters. The molecule has 0 N–H and O–H groups in total. The van der Waals surface area contributed by atoms with E-state index in [4.69, 9.17) is 4.74 Å². The van der Waals surface area contributed by atoms with Crippen LogP contribution >= 0.6 is 15.9 Å². The fourth-order valence-corrected chi connectivity index (χ4v) is 2.74. The minimum Gasteiger partial charge on any atom is -0.377 e. The quantitative estimate of drug-likeness (QED) is 0.513. The maximum absolute atomic E-state index is 5.89. The van der Waals surface area contributed by atoms with Gasteiger partial charge >= 0.3 is 0 Å². The third-order valence-corrected chi connectivity index (χ3v) is 4.00. The van der Waals surface area contributed by atoms with Crippen LogP contribution in [0, 0.1) is 0 Å². The lowest BCUT2D eigenvalue weighted by molar-refractivity contribution is 0.0322. The van der Waals surface area contributed by atoms with Crippen LogP contribution in [-0.4, -0.2) is 17.5 Å². The summed E-state index contributed by atoms with van der Waals surface area (Å²) in [6.07, 6.45) is 11.0. The van der Waals surface area contributed by atoms with Crippen molar-refractivity contribution in [2.24, 2.45) is 0 Å². The minimum absolute atomic E-state index is 0.491. The monoisotopic (exact) mass is 262 g/mol. The Balaban J connectivity index is 1.99. The molecule has 2 atom stereocenters. The molecule has 1 aliphatic carbocycles. The summed E-state index contributed by atoms with van der Waals surface area (Å²) in [7, 11) is 0. The van der Waals surface area contributed by atoms with Crippen LogP contribution in [0.5, 0.6) is 0 Å². The van der Waals surface area contributed by atoms with Crippen molar-refractivity contribution in [1.29, 1.82) is 0 Å². The van der Waals surface area contributed by atoms with Crippen molar-refractivity contribution in [2.75, 3.05) is 6.61 Å². The van der Waals surface area contributed by atoms with Gasteiger partial charge in [-0.2, -0.15) is 0 Å². The van der Waals surface area contributed by atoms with Crippen molar-refractivity contribution in [2.45, 2.75) is 69.2 Å². The zero-order valence-corrected chi connectivity index (χ0v) is 10.9. The molecular weight excluding hydrogens is 240 g/mol. The molecule has 84 valence electrons. The molecule has 14 heavy (non-hydrogen) atoms. The van der Waals surface area contributed by atoms with E-state index in [9.17, 15) is 0 Å². The summed E-state index contributed by atoms with van der Waals surface area (Å²) in [5.74, 6) is 0. The van der Waals surface area contributed by atoms with Gasteiger partial charge in [-0.3, -0.25) is 0 Å². The fraction of sp³-hybridized carbons (Fsp3) is 1.00. The van der Waals surface area contributed by atoms with Gasteiger partial charge in [-0.15, -0.1) is 0 Å². The summed E-state index contributed by atoms with van der Waals surface area (Å²) in [5.41, 5.74) is 0. The van der Waals surface area contributed by atoms with Gasteiger partial charge < -0.3 is 4.74 Å². The van der Waals surface area contributed by atoms with E-state index in [1.807, 2.05) is 0 Å². The van der Waals surface area contributed by atoms with Crippen LogP contribution in [0.3, 0.4) is 0 Å². The van der Waals surface area contributed by atoms with Crippen molar-refractivity contribution in [3.63, 3.8) is 0 Å². The molecule has 0 aromatic carbocycles. The highest BCUT2D eigenvalue weighted by atomic mass is 79.9. The molecule has 1 rings (SSSR count). The van der Waals surface area contributed by atoms with Crippen molar-refractivity contribution in [1.82, 2.24) is 0 Å². The number of ether oxygens (including phenoxy) is 1. The smallest absolute Gasteiger partial charge is 0.0700 e. The number of hydrogen-bond acceptors (Lipinski definition) is 1. The first-order valence-electron chi connectivity index (χ1n) is 6.10. The molecule has 0 aromatic heterocycles. The highest BCUT2D eigenvalue weighted by molar-refractivity contribution is 9.09. The average molecular weight is 263 g/mol. The average Bonchev–Trinajstić information content (AvgIpc) is 2.20.